The largest absolute Gasteiger partial charge is 0.479 e. The molecule has 0 spiro atoms. The van der Waals surface area contributed by atoms with Gasteiger partial charge in [-0.3, -0.25) is 4.68 Å². The van der Waals surface area contributed by atoms with Crippen molar-refractivity contribution in [2.45, 2.75) is 46.1 Å². The van der Waals surface area contributed by atoms with E-state index in [9.17, 15) is 4.79 Å². The molecule has 1 N–H and O–H groups in total. The molecule has 0 amide bonds. The van der Waals surface area contributed by atoms with Crippen molar-refractivity contribution < 1.29 is 14.6 Å². The molecule has 0 aliphatic heterocycles. The van der Waals surface area contributed by atoms with Gasteiger partial charge in [0.15, 0.2) is 11.9 Å². The molecule has 1 rings (SSSR count). The molecule has 0 fully saturated rings. The first kappa shape index (κ1) is 13.5. The van der Waals surface area contributed by atoms with E-state index in [0.717, 1.165) is 24.2 Å². The van der Waals surface area contributed by atoms with Crippen LogP contribution in [0.2, 0.25) is 0 Å². The summed E-state index contributed by atoms with van der Waals surface area (Å²) in [7, 11) is 1.82. The molecule has 0 aliphatic carbocycles. The van der Waals surface area contributed by atoms with Gasteiger partial charge in [-0.2, -0.15) is 5.10 Å². The molecule has 0 saturated carbocycles. The number of carboxylic acid groups (broad SMARTS) is 1. The van der Waals surface area contributed by atoms with Gasteiger partial charge in [-0.15, -0.1) is 0 Å². The van der Waals surface area contributed by atoms with Crippen LogP contribution in [0.3, 0.4) is 0 Å². The average Bonchev–Trinajstić information content (AvgIpc) is 2.49. The summed E-state index contributed by atoms with van der Waals surface area (Å²) in [5, 5.41) is 13.3. The number of aromatic nitrogens is 2. The second-order valence-electron chi connectivity index (χ2n) is 4.21. The molecule has 0 saturated heterocycles. The monoisotopic (exact) mass is 240 g/mol. The third-order valence-electron chi connectivity index (χ3n) is 2.80. The van der Waals surface area contributed by atoms with Gasteiger partial charge in [0.2, 0.25) is 0 Å². The molecule has 17 heavy (non-hydrogen) atoms. The second-order valence-corrected chi connectivity index (χ2v) is 4.21. The first-order valence-electron chi connectivity index (χ1n) is 5.87. The highest BCUT2D eigenvalue weighted by Gasteiger charge is 2.22. The number of unbranched alkanes of at least 4 members (excludes halogenated alkanes) is 1. The van der Waals surface area contributed by atoms with Gasteiger partial charge in [0, 0.05) is 7.05 Å². The molecule has 0 aromatic carbocycles. The zero-order valence-electron chi connectivity index (χ0n) is 10.9. The van der Waals surface area contributed by atoms with E-state index in [1.54, 1.807) is 4.68 Å². The summed E-state index contributed by atoms with van der Waals surface area (Å²) in [6.07, 6.45) is 1.55. The zero-order chi connectivity index (χ0) is 13.0. The number of ether oxygens (including phenoxy) is 1. The lowest BCUT2D eigenvalue weighted by Gasteiger charge is -2.14. The van der Waals surface area contributed by atoms with Crippen molar-refractivity contribution in [2.24, 2.45) is 7.05 Å². The summed E-state index contributed by atoms with van der Waals surface area (Å²) in [6.45, 7) is 5.72. The Morgan fingerprint density at radius 2 is 2.18 bits per heavy atom. The van der Waals surface area contributed by atoms with E-state index in [-0.39, 0.29) is 0 Å². The highest BCUT2D eigenvalue weighted by molar-refractivity contribution is 5.72. The van der Waals surface area contributed by atoms with Crippen LogP contribution in [0.1, 0.15) is 37.6 Å². The van der Waals surface area contributed by atoms with E-state index in [4.69, 9.17) is 9.84 Å². The van der Waals surface area contributed by atoms with Crippen LogP contribution in [0.5, 0.6) is 5.75 Å². The van der Waals surface area contributed by atoms with E-state index in [2.05, 4.69) is 5.10 Å². The van der Waals surface area contributed by atoms with Gasteiger partial charge < -0.3 is 9.84 Å². The van der Waals surface area contributed by atoms with Crippen LogP contribution in [0.15, 0.2) is 0 Å². The Morgan fingerprint density at radius 1 is 1.53 bits per heavy atom. The Kier molecular flexibility index (Phi) is 4.54. The number of hydrogen-bond acceptors (Lipinski definition) is 3. The topological polar surface area (TPSA) is 64.4 Å². The van der Waals surface area contributed by atoms with Gasteiger partial charge in [-0.05, 0) is 26.7 Å². The normalized spacial score (nSPS) is 12.5. The maximum Gasteiger partial charge on any atom is 0.344 e. The van der Waals surface area contributed by atoms with Gasteiger partial charge in [0.1, 0.15) is 5.69 Å². The Hall–Kier alpha value is -1.52. The van der Waals surface area contributed by atoms with Gasteiger partial charge >= 0.3 is 5.97 Å². The van der Waals surface area contributed by atoms with Crippen molar-refractivity contribution >= 4 is 5.97 Å². The molecule has 0 radical (unpaired) electrons. The average molecular weight is 240 g/mol. The van der Waals surface area contributed by atoms with Crippen LogP contribution >= 0.6 is 0 Å². The van der Waals surface area contributed by atoms with E-state index in [1.165, 1.54) is 0 Å². The first-order chi connectivity index (χ1) is 7.97. The van der Waals surface area contributed by atoms with E-state index >= 15 is 0 Å². The van der Waals surface area contributed by atoms with Gasteiger partial charge in [-0.1, -0.05) is 13.3 Å². The minimum absolute atomic E-state index is 0.527. The smallest absolute Gasteiger partial charge is 0.344 e. The molecule has 0 aliphatic rings. The van der Waals surface area contributed by atoms with Crippen molar-refractivity contribution in [2.75, 3.05) is 0 Å². The predicted molar refractivity (Wildman–Crippen MR) is 64.3 cm³/mol. The molecule has 96 valence electrons. The molecule has 1 unspecified atom stereocenters. The van der Waals surface area contributed by atoms with Crippen molar-refractivity contribution in [3.63, 3.8) is 0 Å². The summed E-state index contributed by atoms with van der Waals surface area (Å²) in [6, 6.07) is 0. The third kappa shape index (κ3) is 3.22. The maximum atomic E-state index is 11.1. The summed E-state index contributed by atoms with van der Waals surface area (Å²) < 4.78 is 7.28. The van der Waals surface area contributed by atoms with E-state index in [1.807, 2.05) is 27.8 Å². The summed E-state index contributed by atoms with van der Waals surface area (Å²) in [5.41, 5.74) is 1.58. The summed E-state index contributed by atoms with van der Waals surface area (Å²) >= 11 is 0. The number of carboxylic acids is 1. The van der Waals surface area contributed by atoms with Crippen molar-refractivity contribution in [1.82, 2.24) is 9.78 Å². The highest BCUT2D eigenvalue weighted by atomic mass is 16.5. The fraction of sp³-hybridized carbons (Fsp3) is 0.667. The number of hydrogen-bond donors (Lipinski definition) is 1. The van der Waals surface area contributed by atoms with Crippen LogP contribution in [-0.2, 0) is 11.8 Å². The fourth-order valence-electron chi connectivity index (χ4n) is 1.69. The quantitative estimate of drug-likeness (QED) is 0.826. The maximum absolute atomic E-state index is 11.1. The van der Waals surface area contributed by atoms with Gasteiger partial charge in [-0.25, -0.2) is 4.79 Å². The standard InChI is InChI=1S/C12H20N2O3/c1-5-6-7-10(12(15)16)17-11-8(2)13-14(4)9(11)3/h10H,5-7H2,1-4H3,(H,15,16). The minimum Gasteiger partial charge on any atom is -0.479 e. The number of carbonyl (C=O) groups is 1. The number of rotatable bonds is 6. The Bertz CT molecular complexity index is 399. The van der Waals surface area contributed by atoms with E-state index in [0.29, 0.717) is 12.2 Å². The summed E-state index contributed by atoms with van der Waals surface area (Å²) in [4.78, 5) is 11.1. The summed E-state index contributed by atoms with van der Waals surface area (Å²) in [5.74, 6) is -0.322. The van der Waals surface area contributed by atoms with Crippen molar-refractivity contribution in [3.05, 3.63) is 11.4 Å². The lowest BCUT2D eigenvalue weighted by Crippen LogP contribution is -2.27. The third-order valence-corrected chi connectivity index (χ3v) is 2.80. The molecule has 1 aromatic rings. The molecule has 5 nitrogen and oxygen atoms in total. The van der Waals surface area contributed by atoms with Crippen molar-refractivity contribution in [1.29, 1.82) is 0 Å². The molecule has 1 aromatic heterocycles. The van der Waals surface area contributed by atoms with Crippen LogP contribution in [0, 0.1) is 13.8 Å². The number of nitrogens with zero attached hydrogens (tertiary/aromatic N) is 2. The lowest BCUT2D eigenvalue weighted by molar-refractivity contribution is -0.145. The van der Waals surface area contributed by atoms with Crippen LogP contribution in [0.25, 0.3) is 0 Å². The van der Waals surface area contributed by atoms with Crippen molar-refractivity contribution in [3.8, 4) is 5.75 Å². The Labute approximate surface area is 101 Å². The van der Waals surface area contributed by atoms with Crippen LogP contribution in [0.4, 0.5) is 0 Å². The predicted octanol–water partition coefficient (Wildman–Crippen LogP) is 2.06. The zero-order valence-corrected chi connectivity index (χ0v) is 10.9. The first-order valence-corrected chi connectivity index (χ1v) is 5.87. The molecule has 1 atom stereocenters. The molecular weight excluding hydrogens is 220 g/mol. The SMILES string of the molecule is CCCCC(Oc1c(C)nn(C)c1C)C(=O)O. The minimum atomic E-state index is -0.916. The molecular formula is C12H20N2O3. The Balaban J connectivity index is 2.82. The van der Waals surface area contributed by atoms with E-state index < -0.39 is 12.1 Å². The highest BCUT2D eigenvalue weighted by Crippen LogP contribution is 2.23. The van der Waals surface area contributed by atoms with Gasteiger partial charge in [0.25, 0.3) is 0 Å². The number of aliphatic carboxylic acids is 1. The fourth-order valence-corrected chi connectivity index (χ4v) is 1.69. The van der Waals surface area contributed by atoms with Gasteiger partial charge in [0.05, 0.1) is 5.69 Å². The molecule has 0 bridgehead atoms. The molecule has 1 heterocycles. The van der Waals surface area contributed by atoms with Crippen LogP contribution in [-0.4, -0.2) is 27.0 Å². The second kappa shape index (κ2) is 5.70. The molecule has 5 heteroatoms. The Morgan fingerprint density at radius 3 is 2.59 bits per heavy atom. The number of aryl methyl sites for hydroxylation is 2. The lowest BCUT2D eigenvalue weighted by atomic mass is 10.1. The van der Waals surface area contributed by atoms with Crippen LogP contribution < -0.4 is 4.74 Å².